The molecule has 66 valence electrons. The van der Waals surface area contributed by atoms with Gasteiger partial charge in [0.15, 0.2) is 0 Å². The quantitative estimate of drug-likeness (QED) is 0.320. The molecule has 0 saturated carbocycles. The van der Waals surface area contributed by atoms with Gasteiger partial charge in [0.05, 0.1) is 17.2 Å². The molecule has 0 aliphatic rings. The Morgan fingerprint density at radius 3 is 2.83 bits per heavy atom. The van der Waals surface area contributed by atoms with E-state index in [1.54, 1.807) is 6.08 Å². The second-order valence-electron chi connectivity index (χ2n) is 1.80. The predicted molar refractivity (Wildman–Crippen MR) is 56.4 cm³/mol. The highest BCUT2D eigenvalue weighted by Gasteiger charge is 1.91. The van der Waals surface area contributed by atoms with Gasteiger partial charge in [-0.1, -0.05) is 6.08 Å². The number of nitrogens with zero attached hydrogens (tertiary/aromatic N) is 2. The third-order valence-electron chi connectivity index (χ3n) is 0.920. The summed E-state index contributed by atoms with van der Waals surface area (Å²) >= 11 is 3.16. The minimum Gasteiger partial charge on any atom is -0.383 e. The van der Waals surface area contributed by atoms with Gasteiger partial charge in [-0.3, -0.25) is 0 Å². The molecule has 0 aromatic heterocycles. The van der Waals surface area contributed by atoms with Crippen LogP contribution in [0.2, 0.25) is 0 Å². The molecule has 0 saturated heterocycles. The number of hydrogen-bond donors (Lipinski definition) is 2. The van der Waals surface area contributed by atoms with Crippen LogP contribution in [-0.2, 0) is 0 Å². The molecule has 0 radical (unpaired) electrons. The van der Waals surface area contributed by atoms with Gasteiger partial charge in [0.25, 0.3) is 0 Å². The summed E-state index contributed by atoms with van der Waals surface area (Å²) in [6.45, 7) is 7.39. The summed E-state index contributed by atoms with van der Waals surface area (Å²) in [6, 6.07) is 0. The summed E-state index contributed by atoms with van der Waals surface area (Å²) in [7, 11) is 0. The summed E-state index contributed by atoms with van der Waals surface area (Å²) in [5.74, 6) is 0.305. The number of aliphatic imine (C=N–C) groups is 1. The molecule has 0 fully saturated rings. The van der Waals surface area contributed by atoms with Gasteiger partial charge in [0, 0.05) is 0 Å². The van der Waals surface area contributed by atoms with Crippen LogP contribution in [0.15, 0.2) is 33.1 Å². The third kappa shape index (κ3) is 4.68. The number of hydrogen-bond acceptors (Lipinski definition) is 4. The Morgan fingerprint density at radius 1 is 1.67 bits per heavy atom. The van der Waals surface area contributed by atoms with Crippen molar-refractivity contribution in [3.8, 4) is 0 Å². The first-order valence-electron chi connectivity index (χ1n) is 3.21. The summed E-state index contributed by atoms with van der Waals surface area (Å²) < 4.78 is 0.592. The molecule has 0 aliphatic carbocycles. The largest absolute Gasteiger partial charge is 0.383 e. The van der Waals surface area contributed by atoms with E-state index >= 15 is 0 Å². The highest BCUT2D eigenvalue weighted by atomic mass is 79.9. The lowest BCUT2D eigenvalue weighted by atomic mass is 10.6. The Kier molecular flexibility index (Phi) is 6.00. The van der Waals surface area contributed by atoms with E-state index in [2.05, 4.69) is 44.7 Å². The Labute approximate surface area is 80.1 Å². The maximum Gasteiger partial charge on any atom is 0.138 e. The maximum absolute atomic E-state index is 5.40. The molecule has 0 aromatic rings. The van der Waals surface area contributed by atoms with Crippen LogP contribution in [0.25, 0.3) is 0 Å². The van der Waals surface area contributed by atoms with Crippen molar-refractivity contribution in [3.05, 3.63) is 23.0 Å². The number of halogens is 1. The van der Waals surface area contributed by atoms with E-state index in [-0.39, 0.29) is 0 Å². The molecule has 0 bridgehead atoms. The Morgan fingerprint density at radius 2 is 2.33 bits per heavy atom. The van der Waals surface area contributed by atoms with Gasteiger partial charge in [-0.2, -0.15) is 5.10 Å². The van der Waals surface area contributed by atoms with Gasteiger partial charge in [0.1, 0.15) is 5.82 Å². The second-order valence-corrected chi connectivity index (χ2v) is 2.65. The third-order valence-corrected chi connectivity index (χ3v) is 1.53. The van der Waals surface area contributed by atoms with Crippen LogP contribution in [0.4, 0.5) is 0 Å². The fourth-order valence-electron chi connectivity index (χ4n) is 0.361. The molecule has 0 aromatic carbocycles. The van der Waals surface area contributed by atoms with Gasteiger partial charge in [-0.05, 0) is 22.6 Å². The number of nitrogens with two attached hydrogens (primary N) is 1. The van der Waals surface area contributed by atoms with Gasteiger partial charge >= 0.3 is 0 Å². The van der Waals surface area contributed by atoms with E-state index < -0.39 is 0 Å². The highest BCUT2D eigenvalue weighted by molar-refractivity contribution is 9.12. The monoisotopic (exact) mass is 230 g/mol. The van der Waals surface area contributed by atoms with Crippen LogP contribution in [0.1, 0.15) is 0 Å². The number of allylic oxidation sites excluding steroid dienone is 1. The second kappa shape index (κ2) is 6.60. The van der Waals surface area contributed by atoms with Crippen molar-refractivity contribution in [3.63, 3.8) is 0 Å². The van der Waals surface area contributed by atoms with Crippen molar-refractivity contribution in [2.45, 2.75) is 0 Å². The van der Waals surface area contributed by atoms with E-state index in [0.717, 1.165) is 0 Å². The zero-order chi connectivity index (χ0) is 9.40. The SMILES string of the molecule is C=CCN/N=C\C(Br)=C(/N)N=C. The molecule has 0 unspecified atom stereocenters. The van der Waals surface area contributed by atoms with Gasteiger partial charge in [0.2, 0.25) is 0 Å². The molecule has 0 heterocycles. The van der Waals surface area contributed by atoms with E-state index in [0.29, 0.717) is 16.8 Å². The maximum atomic E-state index is 5.40. The summed E-state index contributed by atoms with van der Waals surface area (Å²) in [6.07, 6.45) is 3.21. The smallest absolute Gasteiger partial charge is 0.138 e. The fraction of sp³-hybridized carbons (Fsp3) is 0.143. The first-order valence-corrected chi connectivity index (χ1v) is 4.00. The van der Waals surface area contributed by atoms with Crippen molar-refractivity contribution in [2.24, 2.45) is 15.8 Å². The first kappa shape index (κ1) is 10.9. The lowest BCUT2D eigenvalue weighted by molar-refractivity contribution is 0.832. The van der Waals surface area contributed by atoms with Gasteiger partial charge in [-0.15, -0.1) is 6.58 Å². The van der Waals surface area contributed by atoms with E-state index in [1.807, 2.05) is 0 Å². The molecule has 0 spiro atoms. The molecule has 12 heavy (non-hydrogen) atoms. The number of nitrogens with one attached hydrogen (secondary N) is 1. The van der Waals surface area contributed by atoms with Crippen molar-refractivity contribution < 1.29 is 0 Å². The standard InChI is InChI=1S/C7H11BrN4/c1-3-4-11-12-5-6(8)7(9)10-2/h3,5,11H,1-2,4,9H2/b7-6-,12-5-. The Balaban J connectivity index is 3.97. The van der Waals surface area contributed by atoms with Crippen LogP contribution in [0, 0.1) is 0 Å². The van der Waals surface area contributed by atoms with Crippen LogP contribution in [-0.4, -0.2) is 19.5 Å². The molecular weight excluding hydrogens is 220 g/mol. The van der Waals surface area contributed by atoms with Crippen molar-refractivity contribution >= 4 is 28.9 Å². The molecule has 0 atom stereocenters. The molecule has 3 N–H and O–H groups in total. The van der Waals surface area contributed by atoms with Crippen molar-refractivity contribution in [2.75, 3.05) is 6.54 Å². The molecule has 0 aliphatic heterocycles. The Bertz CT molecular complexity index is 219. The number of rotatable bonds is 5. The van der Waals surface area contributed by atoms with Crippen molar-refractivity contribution in [1.29, 1.82) is 0 Å². The van der Waals surface area contributed by atoms with Crippen LogP contribution in [0.3, 0.4) is 0 Å². The molecule has 5 heteroatoms. The van der Waals surface area contributed by atoms with Crippen LogP contribution in [0.5, 0.6) is 0 Å². The number of hydrazone groups is 1. The summed E-state index contributed by atoms with van der Waals surface area (Å²) in [5, 5.41) is 3.81. The highest BCUT2D eigenvalue weighted by Crippen LogP contribution is 2.04. The Hall–Kier alpha value is -1.10. The first-order chi connectivity index (χ1) is 5.72. The average Bonchev–Trinajstić information content (AvgIpc) is 2.10. The van der Waals surface area contributed by atoms with E-state index in [9.17, 15) is 0 Å². The van der Waals surface area contributed by atoms with Gasteiger partial charge < -0.3 is 11.2 Å². The summed E-state index contributed by atoms with van der Waals surface area (Å²) in [5.41, 5.74) is 8.11. The lowest BCUT2D eigenvalue weighted by Crippen LogP contribution is -2.05. The fourth-order valence-corrected chi connectivity index (χ4v) is 0.589. The summed E-state index contributed by atoms with van der Waals surface area (Å²) in [4.78, 5) is 3.51. The minimum absolute atomic E-state index is 0.305. The lowest BCUT2D eigenvalue weighted by Gasteiger charge is -1.94. The van der Waals surface area contributed by atoms with Gasteiger partial charge in [-0.25, -0.2) is 4.99 Å². The average molecular weight is 231 g/mol. The predicted octanol–water partition coefficient (Wildman–Crippen LogP) is 0.971. The van der Waals surface area contributed by atoms with E-state index in [4.69, 9.17) is 5.73 Å². The molecule has 0 rings (SSSR count). The normalized spacial score (nSPS) is 12.4. The molecular formula is C7H11BrN4. The zero-order valence-corrected chi connectivity index (χ0v) is 8.21. The van der Waals surface area contributed by atoms with Crippen molar-refractivity contribution in [1.82, 2.24) is 5.43 Å². The molecule has 4 nitrogen and oxygen atoms in total. The van der Waals surface area contributed by atoms with Crippen LogP contribution >= 0.6 is 15.9 Å². The molecule has 0 amide bonds. The minimum atomic E-state index is 0.305. The topological polar surface area (TPSA) is 62.8 Å². The van der Waals surface area contributed by atoms with E-state index in [1.165, 1.54) is 6.21 Å². The zero-order valence-electron chi connectivity index (χ0n) is 6.63. The van der Waals surface area contributed by atoms with Crippen LogP contribution < -0.4 is 11.2 Å².